The van der Waals surface area contributed by atoms with Crippen LogP contribution < -0.4 is 5.32 Å². The molecule has 1 aliphatic rings. The van der Waals surface area contributed by atoms with Gasteiger partial charge in [-0.1, -0.05) is 29.8 Å². The molecule has 3 rings (SSSR count). The predicted molar refractivity (Wildman–Crippen MR) is 82.1 cm³/mol. The van der Waals surface area contributed by atoms with Crippen LogP contribution in [0.1, 0.15) is 18.2 Å². The maximum Gasteiger partial charge on any atom is 0.325 e. The number of benzene rings is 1. The maximum atomic E-state index is 14.0. The molecule has 0 spiro atoms. The summed E-state index contributed by atoms with van der Waals surface area (Å²) in [5.74, 6) is -1.07. The van der Waals surface area contributed by atoms with Crippen molar-refractivity contribution in [1.82, 2.24) is 15.2 Å². The summed E-state index contributed by atoms with van der Waals surface area (Å²) in [6.45, 7) is 1.48. The summed E-state index contributed by atoms with van der Waals surface area (Å²) >= 11 is 5.76. The predicted octanol–water partition coefficient (Wildman–Crippen LogP) is 2.84. The molecule has 1 aliphatic heterocycles. The molecule has 0 saturated carbocycles. The molecule has 1 unspecified atom stereocenters. The van der Waals surface area contributed by atoms with E-state index in [4.69, 9.17) is 11.6 Å². The Morgan fingerprint density at radius 1 is 1.26 bits per heavy atom. The molecule has 1 fully saturated rings. The highest BCUT2D eigenvalue weighted by atomic mass is 35.5. The van der Waals surface area contributed by atoms with E-state index in [1.807, 2.05) is 0 Å². The van der Waals surface area contributed by atoms with Gasteiger partial charge in [-0.2, -0.15) is 0 Å². The van der Waals surface area contributed by atoms with E-state index in [0.29, 0.717) is 10.7 Å². The lowest BCUT2D eigenvalue weighted by molar-refractivity contribution is -0.131. The van der Waals surface area contributed by atoms with Crippen molar-refractivity contribution < 1.29 is 14.0 Å². The van der Waals surface area contributed by atoms with Crippen LogP contribution in [0.25, 0.3) is 0 Å². The first-order valence-electron chi connectivity index (χ1n) is 6.91. The molecule has 0 aliphatic carbocycles. The number of aromatic nitrogens is 1. The topological polar surface area (TPSA) is 62.3 Å². The maximum absolute atomic E-state index is 14.0. The van der Waals surface area contributed by atoms with Gasteiger partial charge in [0, 0.05) is 11.8 Å². The highest BCUT2D eigenvalue weighted by Gasteiger charge is 2.50. The first kappa shape index (κ1) is 15.4. The van der Waals surface area contributed by atoms with Crippen LogP contribution in [0.3, 0.4) is 0 Å². The van der Waals surface area contributed by atoms with Crippen LogP contribution in [0.2, 0.25) is 5.02 Å². The lowest BCUT2D eigenvalue weighted by Gasteiger charge is -2.22. The minimum Gasteiger partial charge on any atom is -0.319 e. The molecule has 23 heavy (non-hydrogen) atoms. The van der Waals surface area contributed by atoms with E-state index in [0.717, 1.165) is 4.90 Å². The first-order chi connectivity index (χ1) is 10.9. The average molecular weight is 334 g/mol. The van der Waals surface area contributed by atoms with Crippen LogP contribution >= 0.6 is 11.6 Å². The lowest BCUT2D eigenvalue weighted by atomic mass is 9.91. The lowest BCUT2D eigenvalue weighted by Crippen LogP contribution is -2.41. The van der Waals surface area contributed by atoms with Crippen molar-refractivity contribution in [2.75, 3.05) is 0 Å². The molecule has 7 heteroatoms. The Kier molecular flexibility index (Phi) is 3.77. The fraction of sp³-hybridized carbons (Fsp3) is 0.188. The van der Waals surface area contributed by atoms with Gasteiger partial charge < -0.3 is 5.32 Å². The minimum atomic E-state index is -1.44. The summed E-state index contributed by atoms with van der Waals surface area (Å²) in [5, 5.41) is 3.02. The van der Waals surface area contributed by atoms with Gasteiger partial charge in [0.25, 0.3) is 5.91 Å². The van der Waals surface area contributed by atoms with E-state index in [2.05, 4.69) is 10.3 Å². The second-order valence-electron chi connectivity index (χ2n) is 5.39. The molecule has 3 amide bonds. The van der Waals surface area contributed by atoms with Crippen LogP contribution in [0, 0.1) is 5.82 Å². The van der Waals surface area contributed by atoms with E-state index in [1.165, 1.54) is 31.3 Å². The van der Waals surface area contributed by atoms with Gasteiger partial charge >= 0.3 is 6.03 Å². The van der Waals surface area contributed by atoms with E-state index >= 15 is 0 Å². The Labute approximate surface area is 137 Å². The standard InChI is InChI=1S/C16H13ClFN3O2/c1-16(12-4-2-3-5-13(12)18)14(22)21(15(23)20-16)9-11-7-6-10(17)8-19-11/h2-8H,9H2,1H3,(H,20,23). The van der Waals surface area contributed by atoms with E-state index < -0.39 is 23.3 Å². The highest BCUT2D eigenvalue weighted by molar-refractivity contribution is 6.30. The number of carbonyl (C=O) groups excluding carboxylic acids is 2. The van der Waals surface area contributed by atoms with Crippen molar-refractivity contribution in [3.8, 4) is 0 Å². The van der Waals surface area contributed by atoms with Gasteiger partial charge in [0.2, 0.25) is 0 Å². The van der Waals surface area contributed by atoms with Crippen LogP contribution in [0.4, 0.5) is 9.18 Å². The number of nitrogens with one attached hydrogen (secondary N) is 1. The van der Waals surface area contributed by atoms with Gasteiger partial charge in [0.05, 0.1) is 17.3 Å². The van der Waals surface area contributed by atoms with Gasteiger partial charge in [0.1, 0.15) is 11.4 Å². The van der Waals surface area contributed by atoms with E-state index in [1.54, 1.807) is 18.2 Å². The molecular weight excluding hydrogens is 321 g/mol. The quantitative estimate of drug-likeness (QED) is 0.879. The molecule has 2 aromatic rings. The van der Waals surface area contributed by atoms with Gasteiger partial charge in [-0.15, -0.1) is 0 Å². The SMILES string of the molecule is CC1(c2ccccc2F)NC(=O)N(Cc2ccc(Cl)cn2)C1=O. The second kappa shape index (κ2) is 5.62. The highest BCUT2D eigenvalue weighted by Crippen LogP contribution is 2.31. The fourth-order valence-electron chi connectivity index (χ4n) is 2.55. The van der Waals surface area contributed by atoms with Crippen LogP contribution in [0.15, 0.2) is 42.6 Å². The zero-order chi connectivity index (χ0) is 16.6. The zero-order valence-electron chi connectivity index (χ0n) is 12.2. The number of hydrogen-bond donors (Lipinski definition) is 1. The smallest absolute Gasteiger partial charge is 0.319 e. The number of imide groups is 1. The third kappa shape index (κ3) is 2.66. The summed E-state index contributed by atoms with van der Waals surface area (Å²) in [6, 6.07) is 8.55. The molecule has 1 atom stereocenters. The number of urea groups is 1. The molecule has 0 radical (unpaired) electrons. The number of carbonyl (C=O) groups is 2. The molecule has 2 heterocycles. The number of amides is 3. The number of halogens is 2. The monoisotopic (exact) mass is 333 g/mol. The Morgan fingerprint density at radius 2 is 2.00 bits per heavy atom. The Balaban J connectivity index is 1.91. The van der Waals surface area contributed by atoms with Crippen molar-refractivity contribution in [3.05, 3.63) is 64.7 Å². The van der Waals surface area contributed by atoms with Crippen molar-refractivity contribution in [1.29, 1.82) is 0 Å². The van der Waals surface area contributed by atoms with Gasteiger partial charge in [-0.05, 0) is 25.1 Å². The van der Waals surface area contributed by atoms with Gasteiger partial charge in [-0.3, -0.25) is 14.7 Å². The number of rotatable bonds is 3. The number of nitrogens with zero attached hydrogens (tertiary/aromatic N) is 2. The van der Waals surface area contributed by atoms with Crippen molar-refractivity contribution in [2.45, 2.75) is 19.0 Å². The molecule has 118 valence electrons. The Bertz CT molecular complexity index is 781. The van der Waals surface area contributed by atoms with E-state index in [-0.39, 0.29) is 12.1 Å². The molecule has 1 aromatic heterocycles. The van der Waals surface area contributed by atoms with Crippen molar-refractivity contribution in [3.63, 3.8) is 0 Å². The fourth-order valence-corrected chi connectivity index (χ4v) is 2.66. The molecule has 1 saturated heterocycles. The van der Waals surface area contributed by atoms with Gasteiger partial charge in [0.15, 0.2) is 0 Å². The normalized spacial score (nSPS) is 20.7. The zero-order valence-corrected chi connectivity index (χ0v) is 13.0. The summed E-state index contributed by atoms with van der Waals surface area (Å²) in [7, 11) is 0. The molecular formula is C16H13ClFN3O2. The molecule has 0 bridgehead atoms. The third-order valence-electron chi connectivity index (χ3n) is 3.80. The summed E-state index contributed by atoms with van der Waals surface area (Å²) < 4.78 is 14.0. The first-order valence-corrected chi connectivity index (χ1v) is 7.29. The average Bonchev–Trinajstić information content (AvgIpc) is 2.74. The summed E-state index contributed by atoms with van der Waals surface area (Å²) in [5.41, 5.74) is -0.796. The Hall–Kier alpha value is -2.47. The molecule has 5 nitrogen and oxygen atoms in total. The van der Waals surface area contributed by atoms with Crippen LogP contribution in [-0.2, 0) is 16.9 Å². The van der Waals surface area contributed by atoms with Crippen molar-refractivity contribution in [2.24, 2.45) is 0 Å². The molecule has 1 aromatic carbocycles. The third-order valence-corrected chi connectivity index (χ3v) is 4.02. The molecule has 1 N–H and O–H groups in total. The van der Waals surface area contributed by atoms with Crippen molar-refractivity contribution >= 4 is 23.5 Å². The van der Waals surface area contributed by atoms with E-state index in [9.17, 15) is 14.0 Å². The summed E-state index contributed by atoms with van der Waals surface area (Å²) in [4.78, 5) is 29.9. The van der Waals surface area contributed by atoms with Gasteiger partial charge in [-0.25, -0.2) is 9.18 Å². The number of hydrogen-bond acceptors (Lipinski definition) is 3. The van der Waals surface area contributed by atoms with Crippen LogP contribution in [0.5, 0.6) is 0 Å². The van der Waals surface area contributed by atoms with Crippen LogP contribution in [-0.4, -0.2) is 21.8 Å². The second-order valence-corrected chi connectivity index (χ2v) is 5.83. The number of pyridine rings is 1. The summed E-state index contributed by atoms with van der Waals surface area (Å²) in [6.07, 6.45) is 1.44. The Morgan fingerprint density at radius 3 is 2.65 bits per heavy atom. The largest absolute Gasteiger partial charge is 0.325 e. The minimum absolute atomic E-state index is 0.00806.